The second-order valence-electron chi connectivity index (χ2n) is 4.74. The lowest BCUT2D eigenvalue weighted by molar-refractivity contribution is 1.35. The van der Waals surface area contributed by atoms with Crippen molar-refractivity contribution in [3.05, 3.63) is 65.7 Å². The molecule has 3 aromatic carbocycles. The average molecular weight is 279 g/mol. The van der Waals surface area contributed by atoms with E-state index >= 15 is 0 Å². The van der Waals surface area contributed by atoms with Gasteiger partial charge in [0.1, 0.15) is 5.82 Å². The van der Waals surface area contributed by atoms with E-state index in [9.17, 15) is 0 Å². The zero-order chi connectivity index (χ0) is 13.5. The highest BCUT2D eigenvalue weighted by Crippen LogP contribution is 2.31. The summed E-state index contributed by atoms with van der Waals surface area (Å²) in [5, 5.41) is 2.92. The van der Waals surface area contributed by atoms with Crippen molar-refractivity contribution in [3.8, 4) is 11.4 Å². The molecule has 96 valence electrons. The van der Waals surface area contributed by atoms with Gasteiger partial charge in [-0.05, 0) is 23.6 Å². The zero-order valence-electron chi connectivity index (χ0n) is 10.6. The zero-order valence-corrected chi connectivity index (χ0v) is 11.4. The Hall–Kier alpha value is -2.32. The molecule has 20 heavy (non-hydrogen) atoms. The van der Waals surface area contributed by atoms with Crippen LogP contribution in [0.15, 0.2) is 60.7 Å². The van der Waals surface area contributed by atoms with Gasteiger partial charge in [0, 0.05) is 16.0 Å². The first-order valence-corrected chi connectivity index (χ1v) is 6.83. The quantitative estimate of drug-likeness (QED) is 0.519. The first-order chi connectivity index (χ1) is 9.83. The maximum atomic E-state index is 6.26. The molecule has 0 radical (unpaired) electrons. The van der Waals surface area contributed by atoms with E-state index in [0.717, 1.165) is 38.2 Å². The Bertz CT molecular complexity index is 891. The number of nitrogens with zero attached hydrogens (tertiary/aromatic N) is 1. The van der Waals surface area contributed by atoms with Crippen LogP contribution < -0.4 is 0 Å². The Morgan fingerprint density at radius 1 is 0.800 bits per heavy atom. The molecule has 3 heteroatoms. The molecular weight excluding hydrogens is 268 g/mol. The molecule has 4 aromatic rings. The molecule has 0 bridgehead atoms. The molecule has 0 fully saturated rings. The summed E-state index contributed by atoms with van der Waals surface area (Å²) in [7, 11) is 0. The van der Waals surface area contributed by atoms with Gasteiger partial charge in [-0.2, -0.15) is 0 Å². The van der Waals surface area contributed by atoms with Crippen molar-refractivity contribution in [2.24, 2.45) is 0 Å². The van der Waals surface area contributed by atoms with Crippen LogP contribution in [0.5, 0.6) is 0 Å². The third-order valence-electron chi connectivity index (χ3n) is 3.51. The van der Waals surface area contributed by atoms with Crippen molar-refractivity contribution >= 4 is 33.4 Å². The van der Waals surface area contributed by atoms with Crippen molar-refractivity contribution in [2.45, 2.75) is 0 Å². The number of benzene rings is 3. The Labute approximate surface area is 121 Å². The van der Waals surface area contributed by atoms with E-state index in [0.29, 0.717) is 0 Å². The van der Waals surface area contributed by atoms with Gasteiger partial charge in [0.2, 0.25) is 0 Å². The second kappa shape index (κ2) is 4.36. The summed E-state index contributed by atoms with van der Waals surface area (Å²) < 4.78 is 0. The molecule has 0 atom stereocenters. The Morgan fingerprint density at radius 3 is 2.50 bits per heavy atom. The maximum Gasteiger partial charge on any atom is 0.139 e. The van der Waals surface area contributed by atoms with Crippen LogP contribution in [0.1, 0.15) is 0 Å². The van der Waals surface area contributed by atoms with Gasteiger partial charge in [-0.1, -0.05) is 54.1 Å². The van der Waals surface area contributed by atoms with E-state index in [1.807, 2.05) is 48.5 Å². The molecule has 4 rings (SSSR count). The molecule has 0 aliphatic heterocycles. The lowest BCUT2D eigenvalue weighted by atomic mass is 10.0. The lowest BCUT2D eigenvalue weighted by Gasteiger charge is -2.05. The largest absolute Gasteiger partial charge is 0.338 e. The topological polar surface area (TPSA) is 28.7 Å². The van der Waals surface area contributed by atoms with Gasteiger partial charge in [0.15, 0.2) is 0 Å². The van der Waals surface area contributed by atoms with Crippen LogP contribution >= 0.6 is 11.6 Å². The van der Waals surface area contributed by atoms with E-state index in [1.165, 1.54) is 0 Å². The fourth-order valence-corrected chi connectivity index (χ4v) is 2.80. The average Bonchev–Trinajstić information content (AvgIpc) is 2.91. The normalized spacial score (nSPS) is 11.2. The number of halogens is 1. The lowest BCUT2D eigenvalue weighted by Crippen LogP contribution is -1.83. The fourth-order valence-electron chi connectivity index (χ4n) is 2.56. The third-order valence-corrected chi connectivity index (χ3v) is 3.84. The minimum atomic E-state index is 0.764. The molecule has 1 N–H and O–H groups in total. The molecule has 0 spiro atoms. The van der Waals surface area contributed by atoms with Crippen LogP contribution in [-0.4, -0.2) is 9.97 Å². The molecule has 0 aliphatic rings. The number of imidazole rings is 1. The van der Waals surface area contributed by atoms with Gasteiger partial charge in [-0.3, -0.25) is 0 Å². The fraction of sp³-hybridized carbons (Fsp3) is 0. The number of para-hydroxylation sites is 2. The van der Waals surface area contributed by atoms with Crippen LogP contribution in [0, 0.1) is 0 Å². The Balaban J connectivity index is 2.04. The highest BCUT2D eigenvalue weighted by molar-refractivity contribution is 6.35. The number of hydrogen-bond donors (Lipinski definition) is 1. The molecule has 1 heterocycles. The molecule has 0 amide bonds. The van der Waals surface area contributed by atoms with Gasteiger partial charge in [0.05, 0.1) is 11.0 Å². The van der Waals surface area contributed by atoms with Crippen molar-refractivity contribution < 1.29 is 0 Å². The SMILES string of the molecule is Clc1cccc2c(-c3nc4ccccc4[nH]3)cccc12. The predicted molar refractivity (Wildman–Crippen MR) is 84.0 cm³/mol. The van der Waals surface area contributed by atoms with Gasteiger partial charge in [-0.15, -0.1) is 0 Å². The number of H-pyrrole nitrogens is 1. The third kappa shape index (κ3) is 1.69. The minimum absolute atomic E-state index is 0.764. The van der Waals surface area contributed by atoms with Gasteiger partial charge < -0.3 is 4.98 Å². The maximum absolute atomic E-state index is 6.26. The second-order valence-corrected chi connectivity index (χ2v) is 5.15. The van der Waals surface area contributed by atoms with Crippen molar-refractivity contribution in [1.29, 1.82) is 0 Å². The van der Waals surface area contributed by atoms with E-state index in [1.54, 1.807) is 0 Å². The van der Waals surface area contributed by atoms with Crippen molar-refractivity contribution in [3.63, 3.8) is 0 Å². The molecule has 2 nitrogen and oxygen atoms in total. The summed E-state index contributed by atoms with van der Waals surface area (Å²) in [4.78, 5) is 8.03. The monoisotopic (exact) mass is 278 g/mol. The first-order valence-electron chi connectivity index (χ1n) is 6.45. The summed E-state index contributed by atoms with van der Waals surface area (Å²) in [6.45, 7) is 0. The highest BCUT2D eigenvalue weighted by atomic mass is 35.5. The highest BCUT2D eigenvalue weighted by Gasteiger charge is 2.09. The summed E-state index contributed by atoms with van der Waals surface area (Å²) >= 11 is 6.26. The molecule has 0 saturated carbocycles. The smallest absolute Gasteiger partial charge is 0.139 e. The summed E-state index contributed by atoms with van der Waals surface area (Å²) in [5.74, 6) is 0.874. The molecule has 0 aliphatic carbocycles. The number of rotatable bonds is 1. The van der Waals surface area contributed by atoms with E-state index in [4.69, 9.17) is 11.6 Å². The number of nitrogens with one attached hydrogen (secondary N) is 1. The van der Waals surface area contributed by atoms with Crippen LogP contribution in [0.2, 0.25) is 5.02 Å². The first kappa shape index (κ1) is 11.5. The Kier molecular flexibility index (Phi) is 2.51. The summed E-state index contributed by atoms with van der Waals surface area (Å²) in [5.41, 5.74) is 3.09. The van der Waals surface area contributed by atoms with Crippen LogP contribution in [0.25, 0.3) is 33.2 Å². The van der Waals surface area contributed by atoms with Crippen LogP contribution in [0.4, 0.5) is 0 Å². The molecule has 0 unspecified atom stereocenters. The number of hydrogen-bond acceptors (Lipinski definition) is 1. The Morgan fingerprint density at radius 2 is 1.60 bits per heavy atom. The number of fused-ring (bicyclic) bond motifs is 2. The standard InChI is InChI=1S/C17H11ClN2/c18-14-8-4-5-11-12(14)6-3-7-13(11)17-19-15-9-1-2-10-16(15)20-17/h1-10H,(H,19,20). The summed E-state index contributed by atoms with van der Waals surface area (Å²) in [6.07, 6.45) is 0. The van der Waals surface area contributed by atoms with E-state index in [-0.39, 0.29) is 0 Å². The molecule has 0 saturated heterocycles. The van der Waals surface area contributed by atoms with Crippen molar-refractivity contribution in [1.82, 2.24) is 9.97 Å². The van der Waals surface area contributed by atoms with Crippen LogP contribution in [-0.2, 0) is 0 Å². The minimum Gasteiger partial charge on any atom is -0.338 e. The summed E-state index contributed by atoms with van der Waals surface area (Å²) in [6, 6.07) is 20.1. The van der Waals surface area contributed by atoms with Gasteiger partial charge in [-0.25, -0.2) is 4.98 Å². The number of aromatic nitrogens is 2. The molecular formula is C17H11ClN2. The predicted octanol–water partition coefficient (Wildman–Crippen LogP) is 5.04. The van der Waals surface area contributed by atoms with Crippen molar-refractivity contribution in [2.75, 3.05) is 0 Å². The van der Waals surface area contributed by atoms with Gasteiger partial charge in [0.25, 0.3) is 0 Å². The molecule has 1 aromatic heterocycles. The van der Waals surface area contributed by atoms with Gasteiger partial charge >= 0.3 is 0 Å². The van der Waals surface area contributed by atoms with E-state index < -0.39 is 0 Å². The number of aromatic amines is 1. The van der Waals surface area contributed by atoms with Crippen LogP contribution in [0.3, 0.4) is 0 Å². The van der Waals surface area contributed by atoms with E-state index in [2.05, 4.69) is 22.1 Å².